The molecule has 140 valence electrons. The Bertz CT molecular complexity index is 930. The van der Waals surface area contributed by atoms with E-state index in [1.54, 1.807) is 0 Å². The van der Waals surface area contributed by atoms with Gasteiger partial charge in [0, 0.05) is 45.0 Å². The van der Waals surface area contributed by atoms with Crippen LogP contribution in [0, 0.1) is 6.92 Å². The van der Waals surface area contributed by atoms with E-state index in [4.69, 9.17) is 14.8 Å². The van der Waals surface area contributed by atoms with Crippen molar-refractivity contribution in [1.82, 2.24) is 19.7 Å². The molecular formula is C20H24N6O. The Labute approximate surface area is 159 Å². The molecule has 0 spiro atoms. The topological polar surface area (TPSA) is 59.3 Å². The standard InChI is InChI=1S/C20H24N6O/c1-15-5-4-6-16(13-15)17-7-8-26(23-17)19-14-18(21-20(22-19)24(2)3)25-9-11-27-12-10-25/h4-8,13-14H,9-12H2,1-3H3. The number of nitrogens with zero attached hydrogens (tertiary/aromatic N) is 6. The van der Waals surface area contributed by atoms with Gasteiger partial charge in [0.15, 0.2) is 5.82 Å². The van der Waals surface area contributed by atoms with Gasteiger partial charge in [0.25, 0.3) is 0 Å². The van der Waals surface area contributed by atoms with Gasteiger partial charge in [-0.2, -0.15) is 15.1 Å². The molecular weight excluding hydrogens is 340 g/mol. The number of aryl methyl sites for hydroxylation is 1. The number of benzene rings is 1. The van der Waals surface area contributed by atoms with Crippen LogP contribution in [-0.4, -0.2) is 60.1 Å². The lowest BCUT2D eigenvalue weighted by Gasteiger charge is -2.28. The molecule has 0 atom stereocenters. The molecule has 1 aliphatic rings. The fourth-order valence-electron chi connectivity index (χ4n) is 3.09. The normalized spacial score (nSPS) is 14.4. The second kappa shape index (κ2) is 7.36. The molecule has 1 aliphatic heterocycles. The maximum atomic E-state index is 5.46. The molecule has 0 unspecified atom stereocenters. The van der Waals surface area contributed by atoms with E-state index in [-0.39, 0.29) is 0 Å². The van der Waals surface area contributed by atoms with Crippen molar-refractivity contribution in [1.29, 1.82) is 0 Å². The maximum absolute atomic E-state index is 5.46. The Morgan fingerprint density at radius 2 is 1.78 bits per heavy atom. The van der Waals surface area contributed by atoms with Crippen molar-refractivity contribution >= 4 is 11.8 Å². The highest BCUT2D eigenvalue weighted by Crippen LogP contribution is 2.22. The summed E-state index contributed by atoms with van der Waals surface area (Å²) in [6, 6.07) is 12.4. The van der Waals surface area contributed by atoms with Gasteiger partial charge in [-0.1, -0.05) is 23.8 Å². The summed E-state index contributed by atoms with van der Waals surface area (Å²) in [6.45, 7) is 5.18. The van der Waals surface area contributed by atoms with Crippen LogP contribution in [-0.2, 0) is 4.74 Å². The fourth-order valence-corrected chi connectivity index (χ4v) is 3.09. The van der Waals surface area contributed by atoms with E-state index in [0.717, 1.165) is 49.2 Å². The number of hydrogen-bond acceptors (Lipinski definition) is 6. The minimum atomic E-state index is 0.668. The second-order valence-corrected chi connectivity index (χ2v) is 6.89. The molecule has 3 aromatic rings. The molecule has 1 aromatic carbocycles. The molecule has 0 saturated carbocycles. The van der Waals surface area contributed by atoms with Crippen molar-refractivity contribution in [3.63, 3.8) is 0 Å². The van der Waals surface area contributed by atoms with Gasteiger partial charge < -0.3 is 14.5 Å². The summed E-state index contributed by atoms with van der Waals surface area (Å²) >= 11 is 0. The predicted molar refractivity (Wildman–Crippen MR) is 107 cm³/mol. The molecule has 0 N–H and O–H groups in total. The molecule has 27 heavy (non-hydrogen) atoms. The average Bonchev–Trinajstić information content (AvgIpc) is 3.19. The molecule has 0 bridgehead atoms. The summed E-state index contributed by atoms with van der Waals surface area (Å²) in [6.07, 6.45) is 1.95. The Balaban J connectivity index is 1.71. The van der Waals surface area contributed by atoms with Crippen LogP contribution in [0.3, 0.4) is 0 Å². The number of hydrogen-bond donors (Lipinski definition) is 0. The van der Waals surface area contributed by atoms with E-state index in [1.807, 2.05) is 42.0 Å². The highest BCUT2D eigenvalue weighted by Gasteiger charge is 2.17. The van der Waals surface area contributed by atoms with E-state index in [0.29, 0.717) is 5.95 Å². The second-order valence-electron chi connectivity index (χ2n) is 6.89. The van der Waals surface area contributed by atoms with Gasteiger partial charge in [-0.3, -0.25) is 0 Å². The molecule has 0 amide bonds. The average molecular weight is 364 g/mol. The molecule has 1 saturated heterocycles. The van der Waals surface area contributed by atoms with Gasteiger partial charge in [-0.15, -0.1) is 0 Å². The van der Waals surface area contributed by atoms with E-state index >= 15 is 0 Å². The Morgan fingerprint density at radius 3 is 2.52 bits per heavy atom. The zero-order chi connectivity index (χ0) is 18.8. The number of rotatable bonds is 4. The first-order chi connectivity index (χ1) is 13.1. The van der Waals surface area contributed by atoms with Crippen molar-refractivity contribution in [2.75, 3.05) is 50.2 Å². The number of aromatic nitrogens is 4. The van der Waals surface area contributed by atoms with E-state index in [9.17, 15) is 0 Å². The van der Waals surface area contributed by atoms with Gasteiger partial charge in [-0.05, 0) is 19.1 Å². The summed E-state index contributed by atoms with van der Waals surface area (Å²) in [4.78, 5) is 13.5. The molecule has 3 heterocycles. The van der Waals surface area contributed by atoms with E-state index in [1.165, 1.54) is 5.56 Å². The summed E-state index contributed by atoms with van der Waals surface area (Å²) in [5, 5.41) is 4.74. The smallest absolute Gasteiger partial charge is 0.228 e. The van der Waals surface area contributed by atoms with Gasteiger partial charge in [0.1, 0.15) is 5.82 Å². The molecule has 0 aliphatic carbocycles. The van der Waals surface area contributed by atoms with Crippen molar-refractivity contribution in [3.05, 3.63) is 48.2 Å². The van der Waals surface area contributed by atoms with Crippen LogP contribution in [0.1, 0.15) is 5.56 Å². The van der Waals surface area contributed by atoms with Crippen molar-refractivity contribution < 1.29 is 4.74 Å². The Kier molecular flexibility index (Phi) is 4.77. The highest BCUT2D eigenvalue weighted by molar-refractivity contribution is 5.60. The summed E-state index contributed by atoms with van der Waals surface area (Å²) in [5.74, 6) is 2.33. The van der Waals surface area contributed by atoms with Crippen molar-refractivity contribution in [2.24, 2.45) is 0 Å². The Morgan fingerprint density at radius 1 is 1.00 bits per heavy atom. The van der Waals surface area contributed by atoms with Crippen LogP contribution < -0.4 is 9.80 Å². The summed E-state index contributed by atoms with van der Waals surface area (Å²) in [7, 11) is 3.90. The number of anilines is 2. The van der Waals surface area contributed by atoms with Crippen LogP contribution >= 0.6 is 0 Å². The van der Waals surface area contributed by atoms with E-state index in [2.05, 4.69) is 41.1 Å². The number of ether oxygens (including phenoxy) is 1. The lowest BCUT2D eigenvalue weighted by Crippen LogP contribution is -2.37. The zero-order valence-electron chi connectivity index (χ0n) is 16.0. The Hall–Kier alpha value is -2.93. The summed E-state index contributed by atoms with van der Waals surface area (Å²) < 4.78 is 7.28. The third kappa shape index (κ3) is 3.78. The van der Waals surface area contributed by atoms with Crippen LogP contribution in [0.4, 0.5) is 11.8 Å². The molecule has 2 aromatic heterocycles. The highest BCUT2D eigenvalue weighted by atomic mass is 16.5. The first-order valence-corrected chi connectivity index (χ1v) is 9.12. The lowest BCUT2D eigenvalue weighted by atomic mass is 10.1. The third-order valence-electron chi connectivity index (χ3n) is 4.56. The molecule has 0 radical (unpaired) electrons. The molecule has 7 heteroatoms. The van der Waals surface area contributed by atoms with Crippen molar-refractivity contribution in [2.45, 2.75) is 6.92 Å². The quantitative estimate of drug-likeness (QED) is 0.709. The third-order valence-corrected chi connectivity index (χ3v) is 4.56. The van der Waals surface area contributed by atoms with Gasteiger partial charge in [-0.25, -0.2) is 4.68 Å². The first kappa shape index (κ1) is 17.5. The molecule has 4 rings (SSSR count). The minimum absolute atomic E-state index is 0.668. The van der Waals surface area contributed by atoms with Crippen LogP contribution in [0.15, 0.2) is 42.6 Å². The first-order valence-electron chi connectivity index (χ1n) is 9.12. The maximum Gasteiger partial charge on any atom is 0.228 e. The van der Waals surface area contributed by atoms with Crippen LogP contribution in [0.25, 0.3) is 17.1 Å². The van der Waals surface area contributed by atoms with Crippen LogP contribution in [0.2, 0.25) is 0 Å². The minimum Gasteiger partial charge on any atom is -0.378 e. The number of morpholine rings is 1. The zero-order valence-corrected chi connectivity index (χ0v) is 16.0. The largest absolute Gasteiger partial charge is 0.378 e. The fraction of sp³-hybridized carbons (Fsp3) is 0.350. The lowest BCUT2D eigenvalue weighted by molar-refractivity contribution is 0.122. The predicted octanol–water partition coefficient (Wildman–Crippen LogP) is 2.54. The molecule has 1 fully saturated rings. The summed E-state index contributed by atoms with van der Waals surface area (Å²) in [5.41, 5.74) is 3.24. The monoisotopic (exact) mass is 364 g/mol. The van der Waals surface area contributed by atoms with Crippen LogP contribution in [0.5, 0.6) is 0 Å². The van der Waals surface area contributed by atoms with Gasteiger partial charge in [0.2, 0.25) is 5.95 Å². The molecule has 7 nitrogen and oxygen atoms in total. The van der Waals surface area contributed by atoms with E-state index < -0.39 is 0 Å². The van der Waals surface area contributed by atoms with Crippen molar-refractivity contribution in [3.8, 4) is 17.1 Å². The van der Waals surface area contributed by atoms with Gasteiger partial charge in [0.05, 0.1) is 18.9 Å². The van der Waals surface area contributed by atoms with Gasteiger partial charge >= 0.3 is 0 Å². The SMILES string of the molecule is Cc1cccc(-c2ccn(-c3cc(N4CCOCC4)nc(N(C)C)n3)n2)c1.